The van der Waals surface area contributed by atoms with Crippen LogP contribution >= 0.6 is 0 Å². The molecular formula is C27H29FN4O5. The summed E-state index contributed by atoms with van der Waals surface area (Å²) in [5.74, 6) is -1.43. The van der Waals surface area contributed by atoms with E-state index in [1.807, 2.05) is 6.92 Å². The Hall–Kier alpha value is -3.63. The highest BCUT2D eigenvalue weighted by atomic mass is 19.1. The first-order valence-corrected chi connectivity index (χ1v) is 12.4. The Balaban J connectivity index is 1.69. The molecule has 3 aromatic rings. The number of aromatic nitrogens is 2. The van der Waals surface area contributed by atoms with Crippen LogP contribution in [-0.4, -0.2) is 39.1 Å². The molecule has 0 spiro atoms. The van der Waals surface area contributed by atoms with E-state index in [-0.39, 0.29) is 54.8 Å². The van der Waals surface area contributed by atoms with Gasteiger partial charge in [-0.3, -0.25) is 9.59 Å². The van der Waals surface area contributed by atoms with E-state index >= 15 is 0 Å². The normalized spacial score (nSPS) is 18.7. The van der Waals surface area contributed by atoms with E-state index in [0.717, 1.165) is 16.5 Å². The Bertz CT molecular complexity index is 1530. The van der Waals surface area contributed by atoms with Crippen LogP contribution in [0.1, 0.15) is 54.5 Å². The number of aryl methyl sites for hydroxylation is 2. The van der Waals surface area contributed by atoms with Gasteiger partial charge in [0.25, 0.3) is 5.56 Å². The molecule has 1 aromatic carbocycles. The molecule has 4 N–H and O–H groups in total. The first-order valence-electron chi connectivity index (χ1n) is 12.4. The minimum Gasteiger partial charge on any atom is -0.458 e. The lowest BCUT2D eigenvalue weighted by molar-refractivity contribution is -0.172. The van der Waals surface area contributed by atoms with Crippen LogP contribution in [0.2, 0.25) is 0 Å². The number of nitrogens with zero attached hydrogens (tertiary/aromatic N) is 2. The van der Waals surface area contributed by atoms with Crippen LogP contribution in [0, 0.1) is 12.7 Å². The molecule has 0 unspecified atom stereocenters. The molecule has 0 radical (unpaired) electrons. The van der Waals surface area contributed by atoms with Crippen molar-refractivity contribution in [2.24, 2.45) is 5.73 Å². The number of fused-ring (bicyclic) bond motifs is 5. The maximum Gasteiger partial charge on any atom is 0.343 e. The van der Waals surface area contributed by atoms with Crippen LogP contribution in [0.5, 0.6) is 0 Å². The third-order valence-corrected chi connectivity index (χ3v) is 7.51. The van der Waals surface area contributed by atoms with Crippen LogP contribution in [0.3, 0.4) is 0 Å². The van der Waals surface area contributed by atoms with E-state index in [1.165, 1.54) is 6.07 Å². The van der Waals surface area contributed by atoms with Crippen molar-refractivity contribution in [1.29, 1.82) is 0 Å². The third-order valence-electron chi connectivity index (χ3n) is 7.51. The molecular weight excluding hydrogens is 479 g/mol. The third kappa shape index (κ3) is 3.91. The summed E-state index contributed by atoms with van der Waals surface area (Å²) in [6, 6.07) is 4.63. The summed E-state index contributed by atoms with van der Waals surface area (Å²) in [4.78, 5) is 42.5. The maximum atomic E-state index is 14.6. The molecule has 5 rings (SSSR count). The van der Waals surface area contributed by atoms with Crippen LogP contribution in [0.4, 0.5) is 4.39 Å². The summed E-state index contributed by atoms with van der Waals surface area (Å²) in [5.41, 5.74) is 7.25. The number of cyclic esters (lactones) is 1. The molecule has 2 aliphatic rings. The summed E-state index contributed by atoms with van der Waals surface area (Å²) in [6.45, 7) is 5.15. The van der Waals surface area contributed by atoms with Crippen molar-refractivity contribution in [3.63, 3.8) is 0 Å². The number of carbonyl (C=O) groups is 2. The molecule has 194 valence electrons. The number of ether oxygens (including phenoxy) is 1. The Morgan fingerprint density at radius 1 is 1.32 bits per heavy atom. The molecule has 4 heterocycles. The number of rotatable bonds is 6. The van der Waals surface area contributed by atoms with E-state index in [2.05, 4.69) is 5.32 Å². The fraction of sp³-hybridized carbons (Fsp3) is 0.407. The van der Waals surface area contributed by atoms with Crippen molar-refractivity contribution in [3.05, 3.63) is 62.2 Å². The van der Waals surface area contributed by atoms with Gasteiger partial charge in [-0.2, -0.15) is 0 Å². The summed E-state index contributed by atoms with van der Waals surface area (Å²) >= 11 is 0. The Kier molecular flexibility index (Phi) is 6.12. The summed E-state index contributed by atoms with van der Waals surface area (Å²) in [6.07, 6.45) is 1.18. The smallest absolute Gasteiger partial charge is 0.343 e. The number of hydrogen-bond donors (Lipinski definition) is 3. The number of amides is 1. The highest BCUT2D eigenvalue weighted by Crippen LogP contribution is 2.40. The molecule has 2 aromatic heterocycles. The number of hydrogen-bond acceptors (Lipinski definition) is 7. The lowest BCUT2D eigenvalue weighted by atomic mass is 9.86. The lowest BCUT2D eigenvalue weighted by Crippen LogP contribution is -2.44. The molecule has 0 saturated heterocycles. The highest BCUT2D eigenvalue weighted by molar-refractivity contribution is 5.89. The van der Waals surface area contributed by atoms with Gasteiger partial charge >= 0.3 is 5.97 Å². The molecule has 9 nitrogen and oxygen atoms in total. The van der Waals surface area contributed by atoms with Gasteiger partial charge in [0.2, 0.25) is 5.91 Å². The van der Waals surface area contributed by atoms with Gasteiger partial charge in [-0.25, -0.2) is 14.2 Å². The first kappa shape index (κ1) is 25.0. The zero-order valence-electron chi connectivity index (χ0n) is 21.0. The molecule has 0 aliphatic carbocycles. The first-order chi connectivity index (χ1) is 17.6. The average molecular weight is 509 g/mol. The molecule has 2 aliphatic heterocycles. The topological polar surface area (TPSA) is 137 Å². The maximum absolute atomic E-state index is 14.6. The number of aliphatic hydroxyl groups is 1. The zero-order chi connectivity index (χ0) is 26.6. The van der Waals surface area contributed by atoms with Crippen molar-refractivity contribution in [2.45, 2.75) is 64.8 Å². The second-order valence-corrected chi connectivity index (χ2v) is 9.85. The quantitative estimate of drug-likeness (QED) is 0.339. The molecule has 2 atom stereocenters. The number of carbonyl (C=O) groups excluding carboxylic acids is 2. The number of nitrogens with two attached hydrogens (primary N) is 1. The van der Waals surface area contributed by atoms with E-state index in [1.54, 1.807) is 30.5 Å². The second kappa shape index (κ2) is 9.04. The highest BCUT2D eigenvalue weighted by Gasteiger charge is 2.45. The molecule has 0 saturated carbocycles. The Morgan fingerprint density at radius 3 is 2.78 bits per heavy atom. The van der Waals surface area contributed by atoms with Gasteiger partial charge in [-0.1, -0.05) is 6.92 Å². The summed E-state index contributed by atoms with van der Waals surface area (Å²) in [7, 11) is 0. The minimum atomic E-state index is -1.93. The minimum absolute atomic E-state index is 0.0435. The fourth-order valence-corrected chi connectivity index (χ4v) is 5.34. The standard InChI is InChI=1S/C27H29FN4O5/c1-4-27(36)19-8-22-24-17(11-32(22)25(34)18(19)12-37-26(27)35)15(6-5-14(3)30-23(33)10-29)16-7-13(2)20(28)9-21(16)31-24/h7-9,14,36H,4-6,10-12,29H2,1-3H3,(H,30,33)/t14-,27+/m1/s1. The monoisotopic (exact) mass is 508 g/mol. The molecule has 10 heteroatoms. The van der Waals surface area contributed by atoms with Gasteiger partial charge in [0.1, 0.15) is 12.4 Å². The van der Waals surface area contributed by atoms with Crippen LogP contribution < -0.4 is 16.6 Å². The lowest BCUT2D eigenvalue weighted by Gasteiger charge is -2.31. The molecule has 1 amide bonds. The SMILES string of the molecule is CC[C@@]1(O)C(=O)OCc2c1cc1n(c2=O)Cc2c-1nc1cc(F)c(C)cc1c2CC[C@@H](C)NC(=O)CN. The fourth-order valence-electron chi connectivity index (χ4n) is 5.34. The second-order valence-electron chi connectivity index (χ2n) is 9.85. The van der Waals surface area contributed by atoms with Gasteiger partial charge in [-0.05, 0) is 56.4 Å². The van der Waals surface area contributed by atoms with Gasteiger partial charge in [0.05, 0.1) is 35.6 Å². The average Bonchev–Trinajstić information content (AvgIpc) is 3.24. The predicted octanol–water partition coefficient (Wildman–Crippen LogP) is 1.92. The van der Waals surface area contributed by atoms with Crippen molar-refractivity contribution < 1.29 is 23.8 Å². The van der Waals surface area contributed by atoms with Gasteiger partial charge in [-0.15, -0.1) is 0 Å². The van der Waals surface area contributed by atoms with Gasteiger partial charge in [0.15, 0.2) is 5.60 Å². The van der Waals surface area contributed by atoms with Crippen LogP contribution in [0.25, 0.3) is 22.3 Å². The molecule has 37 heavy (non-hydrogen) atoms. The van der Waals surface area contributed by atoms with Crippen molar-refractivity contribution in [3.8, 4) is 11.4 Å². The summed E-state index contributed by atoms with van der Waals surface area (Å²) < 4.78 is 21.3. The van der Waals surface area contributed by atoms with Crippen LogP contribution in [0.15, 0.2) is 23.0 Å². The van der Waals surface area contributed by atoms with Gasteiger partial charge in [0, 0.05) is 28.6 Å². The largest absolute Gasteiger partial charge is 0.458 e. The number of esters is 1. The number of pyridine rings is 2. The molecule has 0 fully saturated rings. The van der Waals surface area contributed by atoms with E-state index < -0.39 is 17.4 Å². The predicted molar refractivity (Wildman–Crippen MR) is 134 cm³/mol. The van der Waals surface area contributed by atoms with E-state index in [9.17, 15) is 23.9 Å². The van der Waals surface area contributed by atoms with Gasteiger partial charge < -0.3 is 25.5 Å². The van der Waals surface area contributed by atoms with Crippen LogP contribution in [-0.2, 0) is 39.5 Å². The van der Waals surface area contributed by atoms with E-state index in [4.69, 9.17) is 15.5 Å². The summed E-state index contributed by atoms with van der Waals surface area (Å²) in [5, 5.41) is 14.7. The zero-order valence-corrected chi connectivity index (χ0v) is 21.0. The number of benzene rings is 1. The Morgan fingerprint density at radius 2 is 2.08 bits per heavy atom. The Labute approximate surface area is 212 Å². The number of nitrogens with one attached hydrogen (secondary N) is 1. The number of halogens is 1. The van der Waals surface area contributed by atoms with Crippen molar-refractivity contribution >= 4 is 22.8 Å². The van der Waals surface area contributed by atoms with Crippen molar-refractivity contribution in [2.75, 3.05) is 6.54 Å². The van der Waals surface area contributed by atoms with E-state index in [0.29, 0.717) is 35.3 Å². The van der Waals surface area contributed by atoms with Crippen molar-refractivity contribution in [1.82, 2.24) is 14.9 Å². The molecule has 0 bridgehead atoms.